The van der Waals surface area contributed by atoms with Crippen LogP contribution in [0, 0.1) is 0 Å². The molecule has 0 saturated carbocycles. The number of nitrogen functional groups attached to an aromatic ring is 1. The van der Waals surface area contributed by atoms with Crippen molar-refractivity contribution in [2.75, 3.05) is 12.0 Å². The molecule has 1 aliphatic rings. The van der Waals surface area contributed by atoms with Gasteiger partial charge >= 0.3 is 0 Å². The molecular weight excluding hydrogens is 244 g/mol. The summed E-state index contributed by atoms with van der Waals surface area (Å²) in [5, 5.41) is 3.03. The van der Waals surface area contributed by atoms with Crippen LogP contribution in [0.3, 0.4) is 0 Å². The van der Waals surface area contributed by atoms with Gasteiger partial charge in [0, 0.05) is 24.4 Å². The first-order valence-electron chi connectivity index (χ1n) is 6.38. The predicted octanol–water partition coefficient (Wildman–Crippen LogP) is 1.05. The van der Waals surface area contributed by atoms with Gasteiger partial charge in [0.05, 0.1) is 5.60 Å². The van der Waals surface area contributed by atoms with Crippen molar-refractivity contribution in [3.8, 4) is 0 Å². The van der Waals surface area contributed by atoms with E-state index in [9.17, 15) is 4.79 Å². The summed E-state index contributed by atoms with van der Waals surface area (Å²) in [5.74, 6) is 5.64. The lowest BCUT2D eigenvalue weighted by Gasteiger charge is -2.35. The number of hydrogen-bond acceptors (Lipinski definition) is 5. The molecule has 1 aromatic heterocycles. The molecule has 0 radical (unpaired) electrons. The zero-order chi connectivity index (χ0) is 13.9. The van der Waals surface area contributed by atoms with Crippen LogP contribution in [-0.2, 0) is 4.74 Å². The maximum absolute atomic E-state index is 12.1. The second-order valence-electron chi connectivity index (χ2n) is 5.35. The van der Waals surface area contributed by atoms with Gasteiger partial charge in [0.1, 0.15) is 5.82 Å². The Morgan fingerprint density at radius 3 is 3.05 bits per heavy atom. The van der Waals surface area contributed by atoms with Gasteiger partial charge in [-0.3, -0.25) is 4.79 Å². The molecule has 1 atom stereocenters. The second-order valence-corrected chi connectivity index (χ2v) is 5.35. The standard InChI is InChI=1S/C13H20N4O2/c1-13(2)8-10(4-6-19-13)16-12(18)9-3-5-15-11(7-9)17-14/h3,5,7,10H,4,6,8,14H2,1-2H3,(H,15,17)(H,16,18). The molecule has 1 aromatic rings. The maximum atomic E-state index is 12.1. The van der Waals surface area contributed by atoms with Crippen molar-refractivity contribution in [3.05, 3.63) is 23.9 Å². The van der Waals surface area contributed by atoms with Crippen molar-refractivity contribution in [1.82, 2.24) is 10.3 Å². The largest absolute Gasteiger partial charge is 0.375 e. The molecule has 104 valence electrons. The smallest absolute Gasteiger partial charge is 0.251 e. The van der Waals surface area contributed by atoms with E-state index in [0.717, 1.165) is 12.8 Å². The normalized spacial score (nSPS) is 21.7. The highest BCUT2D eigenvalue weighted by Gasteiger charge is 2.29. The fourth-order valence-electron chi connectivity index (χ4n) is 2.27. The third-order valence-electron chi connectivity index (χ3n) is 3.20. The Hall–Kier alpha value is -1.66. The summed E-state index contributed by atoms with van der Waals surface area (Å²) in [5.41, 5.74) is 2.79. The average Bonchev–Trinajstić information content (AvgIpc) is 2.37. The first-order valence-corrected chi connectivity index (χ1v) is 6.38. The van der Waals surface area contributed by atoms with Crippen molar-refractivity contribution < 1.29 is 9.53 Å². The van der Waals surface area contributed by atoms with E-state index >= 15 is 0 Å². The molecule has 1 amide bonds. The predicted molar refractivity (Wildman–Crippen MR) is 72.6 cm³/mol. The van der Waals surface area contributed by atoms with Gasteiger partial charge < -0.3 is 15.5 Å². The van der Waals surface area contributed by atoms with Crippen molar-refractivity contribution >= 4 is 11.7 Å². The third kappa shape index (κ3) is 3.65. The molecule has 0 bridgehead atoms. The molecule has 19 heavy (non-hydrogen) atoms. The number of hydrogen-bond donors (Lipinski definition) is 3. The second kappa shape index (κ2) is 5.54. The number of aromatic nitrogens is 1. The molecule has 1 unspecified atom stereocenters. The van der Waals surface area contributed by atoms with E-state index in [-0.39, 0.29) is 17.6 Å². The lowest BCUT2D eigenvalue weighted by molar-refractivity contribution is -0.0615. The Kier molecular flexibility index (Phi) is 4.01. The zero-order valence-corrected chi connectivity index (χ0v) is 11.3. The highest BCUT2D eigenvalue weighted by Crippen LogP contribution is 2.24. The van der Waals surface area contributed by atoms with E-state index in [1.807, 2.05) is 13.8 Å². The number of carbonyl (C=O) groups excluding carboxylic acids is 1. The first-order chi connectivity index (χ1) is 9.00. The Labute approximate surface area is 112 Å². The van der Waals surface area contributed by atoms with Crippen molar-refractivity contribution in [2.45, 2.75) is 38.3 Å². The minimum absolute atomic E-state index is 0.110. The van der Waals surface area contributed by atoms with Crippen LogP contribution in [0.5, 0.6) is 0 Å². The molecule has 1 fully saturated rings. The van der Waals surface area contributed by atoms with Gasteiger partial charge in [-0.05, 0) is 38.8 Å². The Morgan fingerprint density at radius 1 is 1.58 bits per heavy atom. The van der Waals surface area contributed by atoms with Crippen LogP contribution in [0.2, 0.25) is 0 Å². The molecule has 0 aliphatic carbocycles. The minimum atomic E-state index is -0.182. The van der Waals surface area contributed by atoms with Gasteiger partial charge in [0.15, 0.2) is 0 Å². The van der Waals surface area contributed by atoms with Crippen LogP contribution in [0.25, 0.3) is 0 Å². The molecule has 6 heteroatoms. The number of nitrogens with zero attached hydrogens (tertiary/aromatic N) is 1. The fourth-order valence-corrected chi connectivity index (χ4v) is 2.27. The molecular formula is C13H20N4O2. The number of nitrogens with one attached hydrogen (secondary N) is 2. The summed E-state index contributed by atoms with van der Waals surface area (Å²) in [6, 6.07) is 3.43. The van der Waals surface area contributed by atoms with Crippen LogP contribution in [-0.4, -0.2) is 29.1 Å². The van der Waals surface area contributed by atoms with E-state index in [1.165, 1.54) is 0 Å². The summed E-state index contributed by atoms with van der Waals surface area (Å²) in [6.45, 7) is 4.74. The lowest BCUT2D eigenvalue weighted by Crippen LogP contribution is -2.45. The fraction of sp³-hybridized carbons (Fsp3) is 0.538. The van der Waals surface area contributed by atoms with Crippen LogP contribution < -0.4 is 16.6 Å². The highest BCUT2D eigenvalue weighted by molar-refractivity contribution is 5.94. The van der Waals surface area contributed by atoms with E-state index < -0.39 is 0 Å². The highest BCUT2D eigenvalue weighted by atomic mass is 16.5. The minimum Gasteiger partial charge on any atom is -0.375 e. The number of amides is 1. The molecule has 4 N–H and O–H groups in total. The molecule has 1 saturated heterocycles. The molecule has 2 heterocycles. The quantitative estimate of drug-likeness (QED) is 0.561. The molecule has 6 nitrogen and oxygen atoms in total. The van der Waals surface area contributed by atoms with Crippen LogP contribution in [0.1, 0.15) is 37.0 Å². The van der Waals surface area contributed by atoms with Crippen LogP contribution >= 0.6 is 0 Å². The Bertz CT molecular complexity index is 462. The zero-order valence-electron chi connectivity index (χ0n) is 11.3. The number of carbonyl (C=O) groups is 1. The number of rotatable bonds is 3. The number of nitrogens with two attached hydrogens (primary N) is 1. The first kappa shape index (κ1) is 13.8. The molecule has 2 rings (SSSR count). The number of pyridine rings is 1. The number of ether oxygens (including phenoxy) is 1. The summed E-state index contributed by atoms with van der Waals surface area (Å²) in [4.78, 5) is 16.1. The molecule has 0 aromatic carbocycles. The summed E-state index contributed by atoms with van der Waals surface area (Å²) >= 11 is 0. The number of anilines is 1. The molecule has 0 spiro atoms. The summed E-state index contributed by atoms with van der Waals surface area (Å²) in [6.07, 6.45) is 3.20. The van der Waals surface area contributed by atoms with Crippen LogP contribution in [0.15, 0.2) is 18.3 Å². The van der Waals surface area contributed by atoms with Crippen molar-refractivity contribution in [1.29, 1.82) is 0 Å². The van der Waals surface area contributed by atoms with E-state index in [1.54, 1.807) is 18.3 Å². The van der Waals surface area contributed by atoms with Gasteiger partial charge in [-0.15, -0.1) is 0 Å². The van der Waals surface area contributed by atoms with E-state index in [2.05, 4.69) is 15.7 Å². The van der Waals surface area contributed by atoms with Gasteiger partial charge in [0.2, 0.25) is 0 Å². The Morgan fingerprint density at radius 2 is 2.37 bits per heavy atom. The van der Waals surface area contributed by atoms with Crippen molar-refractivity contribution in [2.24, 2.45) is 5.84 Å². The van der Waals surface area contributed by atoms with Gasteiger partial charge in [-0.25, -0.2) is 10.8 Å². The van der Waals surface area contributed by atoms with Gasteiger partial charge in [-0.2, -0.15) is 0 Å². The van der Waals surface area contributed by atoms with Crippen LogP contribution in [0.4, 0.5) is 5.82 Å². The topological polar surface area (TPSA) is 89.3 Å². The average molecular weight is 264 g/mol. The Balaban J connectivity index is 2.00. The van der Waals surface area contributed by atoms with Gasteiger partial charge in [0.25, 0.3) is 5.91 Å². The van der Waals surface area contributed by atoms with E-state index in [4.69, 9.17) is 10.6 Å². The lowest BCUT2D eigenvalue weighted by atomic mass is 9.94. The maximum Gasteiger partial charge on any atom is 0.251 e. The number of hydrazine groups is 1. The third-order valence-corrected chi connectivity index (χ3v) is 3.20. The summed E-state index contributed by atoms with van der Waals surface area (Å²) in [7, 11) is 0. The SMILES string of the molecule is CC1(C)CC(NC(=O)c2ccnc(NN)c2)CCO1. The molecule has 1 aliphatic heterocycles. The van der Waals surface area contributed by atoms with Crippen molar-refractivity contribution in [3.63, 3.8) is 0 Å². The monoisotopic (exact) mass is 264 g/mol. The summed E-state index contributed by atoms with van der Waals surface area (Å²) < 4.78 is 5.63. The van der Waals surface area contributed by atoms with Gasteiger partial charge in [-0.1, -0.05) is 0 Å². The van der Waals surface area contributed by atoms with E-state index in [0.29, 0.717) is 18.0 Å².